The minimum atomic E-state index is 0.122. The Bertz CT molecular complexity index is 534. The Morgan fingerprint density at radius 1 is 1.06 bits per heavy atom. The highest BCUT2D eigenvalue weighted by molar-refractivity contribution is 5.84. The first-order valence-corrected chi connectivity index (χ1v) is 6.43. The van der Waals surface area contributed by atoms with E-state index in [2.05, 4.69) is 38.1 Å². The van der Waals surface area contributed by atoms with Gasteiger partial charge < -0.3 is 10.5 Å². The molecule has 96 valence electrons. The van der Waals surface area contributed by atoms with E-state index in [0.717, 1.165) is 12.2 Å². The van der Waals surface area contributed by atoms with Crippen molar-refractivity contribution in [3.8, 4) is 5.75 Å². The molecule has 0 bridgehead atoms. The van der Waals surface area contributed by atoms with Crippen LogP contribution in [0.3, 0.4) is 0 Å². The van der Waals surface area contributed by atoms with E-state index >= 15 is 0 Å². The maximum atomic E-state index is 6.22. The molecule has 0 heterocycles. The van der Waals surface area contributed by atoms with Crippen molar-refractivity contribution in [1.29, 1.82) is 0 Å². The predicted octanol–water partition coefficient (Wildman–Crippen LogP) is 3.89. The molecule has 0 amide bonds. The summed E-state index contributed by atoms with van der Waals surface area (Å²) in [6.45, 7) is 4.40. The number of fused-ring (bicyclic) bond motifs is 1. The monoisotopic (exact) mass is 243 g/mol. The highest BCUT2D eigenvalue weighted by Gasteiger charge is 2.09. The van der Waals surface area contributed by atoms with Crippen LogP contribution in [0.25, 0.3) is 10.8 Å². The lowest BCUT2D eigenvalue weighted by Gasteiger charge is -2.15. The Morgan fingerprint density at radius 2 is 1.72 bits per heavy atom. The van der Waals surface area contributed by atoms with Crippen LogP contribution >= 0.6 is 0 Å². The zero-order valence-electron chi connectivity index (χ0n) is 11.3. The van der Waals surface area contributed by atoms with Crippen molar-refractivity contribution in [2.45, 2.75) is 26.3 Å². The number of ether oxygens (including phenoxy) is 1. The fraction of sp³-hybridized carbons (Fsp3) is 0.375. The SMILES string of the molecule is COc1ccc2cc(C(N)CC(C)C)ccc2c1. The summed E-state index contributed by atoms with van der Waals surface area (Å²) in [5, 5.41) is 2.40. The van der Waals surface area contributed by atoms with Gasteiger partial charge in [-0.25, -0.2) is 0 Å². The third-order valence-corrected chi connectivity index (χ3v) is 3.22. The average molecular weight is 243 g/mol. The Morgan fingerprint density at radius 3 is 2.39 bits per heavy atom. The summed E-state index contributed by atoms with van der Waals surface area (Å²) in [5.41, 5.74) is 7.43. The van der Waals surface area contributed by atoms with E-state index in [1.807, 2.05) is 12.1 Å². The maximum Gasteiger partial charge on any atom is 0.119 e. The van der Waals surface area contributed by atoms with Gasteiger partial charge in [-0.1, -0.05) is 32.0 Å². The summed E-state index contributed by atoms with van der Waals surface area (Å²) in [6, 6.07) is 12.7. The molecular weight excluding hydrogens is 222 g/mol. The second-order valence-corrected chi connectivity index (χ2v) is 5.21. The summed E-state index contributed by atoms with van der Waals surface area (Å²) >= 11 is 0. The molecule has 2 rings (SSSR count). The van der Waals surface area contributed by atoms with Crippen LogP contribution < -0.4 is 10.5 Å². The standard InChI is InChI=1S/C16H21NO/c1-11(2)8-16(17)14-5-4-13-10-15(18-3)7-6-12(13)9-14/h4-7,9-11,16H,8,17H2,1-3H3. The highest BCUT2D eigenvalue weighted by atomic mass is 16.5. The highest BCUT2D eigenvalue weighted by Crippen LogP contribution is 2.25. The number of hydrogen-bond acceptors (Lipinski definition) is 2. The van der Waals surface area contributed by atoms with Gasteiger partial charge in [0.05, 0.1) is 7.11 Å². The van der Waals surface area contributed by atoms with E-state index < -0.39 is 0 Å². The molecule has 0 aliphatic rings. The van der Waals surface area contributed by atoms with Crippen molar-refractivity contribution in [2.24, 2.45) is 11.7 Å². The molecule has 2 aromatic carbocycles. The Balaban J connectivity index is 2.33. The van der Waals surface area contributed by atoms with Gasteiger partial charge in [-0.3, -0.25) is 0 Å². The van der Waals surface area contributed by atoms with Crippen LogP contribution in [0.15, 0.2) is 36.4 Å². The van der Waals surface area contributed by atoms with Crippen LogP contribution in [-0.2, 0) is 0 Å². The molecule has 2 heteroatoms. The normalized spacial score (nSPS) is 12.9. The smallest absolute Gasteiger partial charge is 0.119 e. The van der Waals surface area contributed by atoms with Gasteiger partial charge in [-0.2, -0.15) is 0 Å². The first-order chi connectivity index (χ1) is 8.60. The van der Waals surface area contributed by atoms with Gasteiger partial charge in [0, 0.05) is 6.04 Å². The molecule has 0 radical (unpaired) electrons. The van der Waals surface area contributed by atoms with Crippen LogP contribution in [-0.4, -0.2) is 7.11 Å². The van der Waals surface area contributed by atoms with Crippen LogP contribution in [0.1, 0.15) is 31.9 Å². The first-order valence-electron chi connectivity index (χ1n) is 6.43. The summed E-state index contributed by atoms with van der Waals surface area (Å²) in [6.07, 6.45) is 1.02. The van der Waals surface area contributed by atoms with Crippen LogP contribution in [0, 0.1) is 5.92 Å². The van der Waals surface area contributed by atoms with Gasteiger partial charge in [-0.05, 0) is 46.9 Å². The number of nitrogens with two attached hydrogens (primary N) is 1. The average Bonchev–Trinajstić information content (AvgIpc) is 2.36. The van der Waals surface area contributed by atoms with E-state index in [4.69, 9.17) is 10.5 Å². The molecule has 0 saturated carbocycles. The van der Waals surface area contributed by atoms with E-state index in [-0.39, 0.29) is 6.04 Å². The van der Waals surface area contributed by atoms with Crippen LogP contribution in [0.4, 0.5) is 0 Å². The summed E-state index contributed by atoms with van der Waals surface area (Å²) in [5.74, 6) is 1.51. The molecule has 2 nitrogen and oxygen atoms in total. The van der Waals surface area contributed by atoms with E-state index in [0.29, 0.717) is 5.92 Å². The van der Waals surface area contributed by atoms with Crippen molar-refractivity contribution < 1.29 is 4.74 Å². The summed E-state index contributed by atoms with van der Waals surface area (Å²) in [7, 11) is 1.69. The second kappa shape index (κ2) is 5.40. The lowest BCUT2D eigenvalue weighted by atomic mass is 9.96. The van der Waals surface area contributed by atoms with Crippen molar-refractivity contribution >= 4 is 10.8 Å². The molecule has 1 atom stereocenters. The Kier molecular flexibility index (Phi) is 3.87. The Labute approximate surface area is 109 Å². The molecule has 2 aromatic rings. The van der Waals surface area contributed by atoms with E-state index in [1.54, 1.807) is 7.11 Å². The van der Waals surface area contributed by atoms with E-state index in [9.17, 15) is 0 Å². The molecule has 0 fully saturated rings. The molecule has 0 saturated heterocycles. The third kappa shape index (κ3) is 2.82. The third-order valence-electron chi connectivity index (χ3n) is 3.22. The molecule has 18 heavy (non-hydrogen) atoms. The molecule has 0 aliphatic heterocycles. The summed E-state index contributed by atoms with van der Waals surface area (Å²) in [4.78, 5) is 0. The fourth-order valence-electron chi connectivity index (χ4n) is 2.24. The second-order valence-electron chi connectivity index (χ2n) is 5.21. The first kappa shape index (κ1) is 12.9. The number of benzene rings is 2. The van der Waals surface area contributed by atoms with Crippen LogP contribution in [0.5, 0.6) is 5.75 Å². The Hall–Kier alpha value is -1.54. The van der Waals surface area contributed by atoms with Gasteiger partial charge in [0.15, 0.2) is 0 Å². The van der Waals surface area contributed by atoms with Gasteiger partial charge in [0.25, 0.3) is 0 Å². The van der Waals surface area contributed by atoms with Crippen molar-refractivity contribution in [1.82, 2.24) is 0 Å². The summed E-state index contributed by atoms with van der Waals surface area (Å²) < 4.78 is 5.23. The van der Waals surface area contributed by atoms with Crippen molar-refractivity contribution in [3.63, 3.8) is 0 Å². The van der Waals surface area contributed by atoms with Gasteiger partial charge in [0.1, 0.15) is 5.75 Å². The minimum Gasteiger partial charge on any atom is -0.497 e. The lowest BCUT2D eigenvalue weighted by molar-refractivity contribution is 0.415. The fourth-order valence-corrected chi connectivity index (χ4v) is 2.24. The molecule has 0 spiro atoms. The van der Waals surface area contributed by atoms with Gasteiger partial charge >= 0.3 is 0 Å². The van der Waals surface area contributed by atoms with E-state index in [1.165, 1.54) is 16.3 Å². The zero-order chi connectivity index (χ0) is 13.1. The molecule has 0 aromatic heterocycles. The largest absolute Gasteiger partial charge is 0.497 e. The van der Waals surface area contributed by atoms with Crippen molar-refractivity contribution in [2.75, 3.05) is 7.11 Å². The van der Waals surface area contributed by atoms with Gasteiger partial charge in [0.2, 0.25) is 0 Å². The zero-order valence-corrected chi connectivity index (χ0v) is 11.3. The molecule has 1 unspecified atom stereocenters. The van der Waals surface area contributed by atoms with Gasteiger partial charge in [-0.15, -0.1) is 0 Å². The van der Waals surface area contributed by atoms with Crippen molar-refractivity contribution in [3.05, 3.63) is 42.0 Å². The maximum absolute atomic E-state index is 6.22. The van der Waals surface area contributed by atoms with Crippen LogP contribution in [0.2, 0.25) is 0 Å². The number of methoxy groups -OCH3 is 1. The predicted molar refractivity (Wildman–Crippen MR) is 76.9 cm³/mol. The molecular formula is C16H21NO. The number of hydrogen-bond donors (Lipinski definition) is 1. The lowest BCUT2D eigenvalue weighted by Crippen LogP contribution is -2.12. The molecule has 2 N–H and O–H groups in total. The topological polar surface area (TPSA) is 35.2 Å². The minimum absolute atomic E-state index is 0.122. The number of rotatable bonds is 4. The quantitative estimate of drug-likeness (QED) is 0.884. The molecule has 0 aliphatic carbocycles.